The van der Waals surface area contributed by atoms with Crippen LogP contribution in [0.2, 0.25) is 5.02 Å². The van der Waals surface area contributed by atoms with E-state index in [0.717, 1.165) is 58.1 Å². The van der Waals surface area contributed by atoms with E-state index in [4.69, 9.17) is 26.3 Å². The Labute approximate surface area is 258 Å². The fourth-order valence-electron chi connectivity index (χ4n) is 6.49. The van der Waals surface area contributed by atoms with Gasteiger partial charge in [0.05, 0.1) is 35.8 Å². The van der Waals surface area contributed by atoms with Gasteiger partial charge < -0.3 is 24.3 Å². The van der Waals surface area contributed by atoms with Gasteiger partial charge in [-0.25, -0.2) is 0 Å². The van der Waals surface area contributed by atoms with Crippen molar-refractivity contribution in [2.75, 3.05) is 56.2 Å². The smallest absolute Gasteiger partial charge is 0.318 e. The molecule has 10 heteroatoms. The van der Waals surface area contributed by atoms with Crippen molar-refractivity contribution >= 4 is 39.8 Å². The third-order valence-corrected chi connectivity index (χ3v) is 9.45. The molecule has 2 fully saturated rings. The van der Waals surface area contributed by atoms with Crippen LogP contribution in [0.5, 0.6) is 6.01 Å². The zero-order valence-corrected chi connectivity index (χ0v) is 25.5. The molecule has 0 unspecified atom stereocenters. The highest BCUT2D eigenvalue weighted by atomic mass is 35.5. The summed E-state index contributed by atoms with van der Waals surface area (Å²) in [5.41, 5.74) is 3.12. The number of likely N-dealkylation sites (N-methyl/N-ethyl adjacent to an activating group) is 1. The Morgan fingerprint density at radius 2 is 2.00 bits per heavy atom. The Bertz CT molecular complexity index is 1550. The number of nitrogens with zero attached hydrogens (tertiary/aromatic N) is 7. The molecule has 0 spiro atoms. The molecule has 224 valence electrons. The maximum Gasteiger partial charge on any atom is 0.318 e. The van der Waals surface area contributed by atoms with Crippen molar-refractivity contribution in [1.82, 2.24) is 19.8 Å². The van der Waals surface area contributed by atoms with Gasteiger partial charge in [0, 0.05) is 55.4 Å². The Hall–Kier alpha value is -3.87. The van der Waals surface area contributed by atoms with Gasteiger partial charge in [-0.15, -0.1) is 0 Å². The van der Waals surface area contributed by atoms with Crippen LogP contribution in [0.1, 0.15) is 36.9 Å². The zero-order chi connectivity index (χ0) is 29.9. The Balaban J connectivity index is 1.30. The molecule has 1 atom stereocenters. The maximum atomic E-state index is 12.5. The lowest BCUT2D eigenvalue weighted by atomic mass is 9.92. The van der Waals surface area contributed by atoms with Gasteiger partial charge in [-0.2, -0.15) is 15.2 Å². The lowest BCUT2D eigenvalue weighted by Crippen LogP contribution is -2.55. The Morgan fingerprint density at radius 3 is 2.74 bits per heavy atom. The summed E-state index contributed by atoms with van der Waals surface area (Å²) in [5.74, 6) is 0.699. The Morgan fingerprint density at radius 1 is 1.19 bits per heavy atom. The molecular formula is C33H38ClN7O2. The highest BCUT2D eigenvalue weighted by Gasteiger charge is 2.33. The van der Waals surface area contributed by atoms with E-state index in [1.807, 2.05) is 12.1 Å². The van der Waals surface area contributed by atoms with Crippen LogP contribution in [0.3, 0.4) is 0 Å². The molecule has 6 rings (SSSR count). The highest BCUT2D eigenvalue weighted by Crippen LogP contribution is 2.37. The first-order chi connectivity index (χ1) is 21.0. The number of nitriles is 1. The third kappa shape index (κ3) is 5.99. The summed E-state index contributed by atoms with van der Waals surface area (Å²) >= 11 is 6.70. The first kappa shape index (κ1) is 29.2. The highest BCUT2D eigenvalue weighted by molar-refractivity contribution is 6.36. The van der Waals surface area contributed by atoms with Crippen molar-refractivity contribution in [2.24, 2.45) is 0 Å². The number of aromatic nitrogens is 2. The van der Waals surface area contributed by atoms with Gasteiger partial charge in [0.15, 0.2) is 0 Å². The zero-order valence-electron chi connectivity index (χ0n) is 24.7. The van der Waals surface area contributed by atoms with E-state index in [0.29, 0.717) is 44.8 Å². The quantitative estimate of drug-likeness (QED) is 0.323. The van der Waals surface area contributed by atoms with E-state index < -0.39 is 0 Å². The molecule has 3 aliphatic rings. The number of hydrogen-bond acceptors (Lipinski definition) is 8. The fraction of sp³-hybridized carbons (Fsp3) is 0.455. The van der Waals surface area contributed by atoms with Gasteiger partial charge >= 0.3 is 6.01 Å². The number of ether oxygens (including phenoxy) is 1. The molecular weight excluding hydrogens is 562 g/mol. The van der Waals surface area contributed by atoms with Crippen molar-refractivity contribution in [3.05, 3.63) is 65.3 Å². The molecule has 1 amide bonds. The number of rotatable bonds is 9. The van der Waals surface area contributed by atoms with Crippen LogP contribution >= 0.6 is 11.6 Å². The second kappa shape index (κ2) is 12.8. The van der Waals surface area contributed by atoms with Gasteiger partial charge in [0.2, 0.25) is 5.91 Å². The summed E-state index contributed by atoms with van der Waals surface area (Å²) < 4.78 is 6.21. The van der Waals surface area contributed by atoms with E-state index in [1.165, 1.54) is 25.3 Å². The second-order valence-corrected chi connectivity index (χ2v) is 12.1. The largest absolute Gasteiger partial charge is 0.462 e. The first-order valence-corrected chi connectivity index (χ1v) is 15.5. The molecule has 1 saturated carbocycles. The molecule has 1 aliphatic carbocycles. The van der Waals surface area contributed by atoms with Crippen molar-refractivity contribution < 1.29 is 9.53 Å². The molecule has 0 radical (unpaired) electrons. The number of hydrogen-bond donors (Lipinski definition) is 0. The number of fused-ring (bicyclic) bond motifs is 2. The standard InChI is InChI=1S/C33H38ClN7O2/c1-3-30(42)41-18-17-40(21-25(41)13-15-35)32-26-14-16-39(29-12-5-8-23-7-4-11-27(34)31(23)29)22-28(26)36-33(37-32)43-20-19-38(2)24-9-6-10-24/h3-5,7-8,11-12,24-25H,1,6,9-10,13-14,16-22H2,2H3/t25-/m0/s1. The van der Waals surface area contributed by atoms with Gasteiger partial charge in [-0.05, 0) is 49.9 Å². The van der Waals surface area contributed by atoms with E-state index in [1.54, 1.807) is 4.90 Å². The van der Waals surface area contributed by atoms with Crippen molar-refractivity contribution in [3.63, 3.8) is 0 Å². The molecule has 43 heavy (non-hydrogen) atoms. The molecule has 3 heterocycles. The summed E-state index contributed by atoms with van der Waals surface area (Å²) in [6, 6.07) is 15.3. The molecule has 3 aromatic rings. The van der Waals surface area contributed by atoms with Crippen LogP contribution in [-0.2, 0) is 17.8 Å². The summed E-state index contributed by atoms with van der Waals surface area (Å²) in [7, 11) is 2.15. The number of carbonyl (C=O) groups excluding carboxylic acids is 1. The molecule has 1 aromatic heterocycles. The molecule has 0 N–H and O–H groups in total. The van der Waals surface area contributed by atoms with Gasteiger partial charge in [0.1, 0.15) is 12.4 Å². The molecule has 2 aliphatic heterocycles. The first-order valence-electron chi connectivity index (χ1n) is 15.2. The molecule has 9 nitrogen and oxygen atoms in total. The summed E-state index contributed by atoms with van der Waals surface area (Å²) in [5, 5.41) is 12.4. The van der Waals surface area contributed by atoms with Crippen LogP contribution in [0.15, 0.2) is 49.1 Å². The van der Waals surface area contributed by atoms with Crippen LogP contribution in [-0.4, -0.2) is 84.1 Å². The number of piperazine rings is 1. The number of benzene rings is 2. The summed E-state index contributed by atoms with van der Waals surface area (Å²) in [4.78, 5) is 31.1. The maximum absolute atomic E-state index is 12.5. The summed E-state index contributed by atoms with van der Waals surface area (Å²) in [6.07, 6.45) is 6.11. The van der Waals surface area contributed by atoms with E-state index >= 15 is 0 Å². The SMILES string of the molecule is C=CC(=O)N1CCN(c2nc(OCCN(C)C3CCC3)nc3c2CCN(c2cccc4cccc(Cl)c24)C3)C[C@@H]1CC#N. The van der Waals surface area contributed by atoms with Crippen LogP contribution in [0.25, 0.3) is 10.8 Å². The van der Waals surface area contributed by atoms with Gasteiger partial charge in [-0.3, -0.25) is 4.79 Å². The lowest BCUT2D eigenvalue weighted by Gasteiger charge is -2.42. The minimum atomic E-state index is -0.242. The lowest BCUT2D eigenvalue weighted by molar-refractivity contribution is -0.128. The third-order valence-electron chi connectivity index (χ3n) is 9.14. The minimum absolute atomic E-state index is 0.145. The van der Waals surface area contributed by atoms with Crippen LogP contribution in [0.4, 0.5) is 11.5 Å². The average molecular weight is 600 g/mol. The van der Waals surface area contributed by atoms with Gasteiger partial charge in [-0.1, -0.05) is 48.9 Å². The fourth-order valence-corrected chi connectivity index (χ4v) is 6.76. The minimum Gasteiger partial charge on any atom is -0.462 e. The number of carbonyl (C=O) groups is 1. The normalized spacial score (nSPS) is 18.7. The van der Waals surface area contributed by atoms with E-state index in [2.05, 4.69) is 58.7 Å². The number of anilines is 2. The number of halogens is 1. The van der Waals surface area contributed by atoms with Gasteiger partial charge in [0.25, 0.3) is 0 Å². The molecule has 2 aromatic carbocycles. The van der Waals surface area contributed by atoms with E-state index in [9.17, 15) is 10.1 Å². The van der Waals surface area contributed by atoms with Crippen LogP contribution in [0, 0.1) is 11.3 Å². The predicted molar refractivity (Wildman–Crippen MR) is 170 cm³/mol. The van der Waals surface area contributed by atoms with Crippen LogP contribution < -0.4 is 14.5 Å². The topological polar surface area (TPSA) is 88.8 Å². The van der Waals surface area contributed by atoms with Crippen molar-refractivity contribution in [1.29, 1.82) is 5.26 Å². The average Bonchev–Trinajstić information content (AvgIpc) is 2.99. The molecule has 0 bridgehead atoms. The molecule has 1 saturated heterocycles. The van der Waals surface area contributed by atoms with E-state index in [-0.39, 0.29) is 18.4 Å². The predicted octanol–water partition coefficient (Wildman–Crippen LogP) is 4.83. The van der Waals surface area contributed by atoms with Crippen molar-refractivity contribution in [3.8, 4) is 12.1 Å². The number of amides is 1. The van der Waals surface area contributed by atoms with Crippen molar-refractivity contribution in [2.45, 2.75) is 50.7 Å². The monoisotopic (exact) mass is 599 g/mol. The second-order valence-electron chi connectivity index (χ2n) is 11.7. The Kier molecular flexibility index (Phi) is 8.68. The summed E-state index contributed by atoms with van der Waals surface area (Å²) in [6.45, 7) is 7.99.